The van der Waals surface area contributed by atoms with Gasteiger partial charge in [0.1, 0.15) is 18.0 Å². The van der Waals surface area contributed by atoms with Crippen molar-refractivity contribution in [3.63, 3.8) is 0 Å². The molecule has 0 aromatic heterocycles. The summed E-state index contributed by atoms with van der Waals surface area (Å²) in [5, 5.41) is 0. The minimum absolute atomic E-state index is 0.383. The van der Waals surface area contributed by atoms with E-state index < -0.39 is 12.7 Å². The molecule has 0 radical (unpaired) electrons. The van der Waals surface area contributed by atoms with Crippen molar-refractivity contribution in [1.82, 2.24) is 0 Å². The van der Waals surface area contributed by atoms with Crippen molar-refractivity contribution in [2.75, 3.05) is 32.7 Å². The summed E-state index contributed by atoms with van der Waals surface area (Å²) in [6, 6.07) is 3.18. The van der Waals surface area contributed by atoms with Crippen LogP contribution in [0.1, 0.15) is 5.56 Å². The van der Waals surface area contributed by atoms with Gasteiger partial charge in [0.05, 0.1) is 19.9 Å². The molecule has 0 amide bonds. The number of alkyl halides is 3. The van der Waals surface area contributed by atoms with Gasteiger partial charge in [0.2, 0.25) is 0 Å². The molecule has 6 heteroatoms. The monoisotopic (exact) mass is 263 g/mol. The molecule has 0 N–H and O–H groups in total. The summed E-state index contributed by atoms with van der Waals surface area (Å²) in [6.07, 6.45) is -4.26. The average molecular weight is 263 g/mol. The predicted octanol–water partition coefficient (Wildman–Crippen LogP) is 3.01. The number of methoxy groups -OCH3 is 2. The van der Waals surface area contributed by atoms with Crippen molar-refractivity contribution in [3.8, 4) is 11.5 Å². The SMILES string of the molecule is COc1ccc(N(C)CC(F)(F)F)c(OC)c1C. The number of anilines is 1. The third kappa shape index (κ3) is 3.21. The highest BCUT2D eigenvalue weighted by Gasteiger charge is 2.30. The molecule has 0 saturated heterocycles. The van der Waals surface area contributed by atoms with Crippen LogP contribution in [-0.4, -0.2) is 34.0 Å². The van der Waals surface area contributed by atoms with Gasteiger partial charge in [-0.05, 0) is 19.1 Å². The first-order chi connectivity index (χ1) is 8.30. The Bertz CT molecular complexity index is 419. The molecule has 0 fully saturated rings. The Balaban J connectivity index is 3.13. The van der Waals surface area contributed by atoms with Crippen molar-refractivity contribution in [3.05, 3.63) is 17.7 Å². The zero-order valence-corrected chi connectivity index (χ0v) is 10.8. The normalized spacial score (nSPS) is 11.3. The number of nitrogens with zero attached hydrogens (tertiary/aromatic N) is 1. The van der Waals surface area contributed by atoms with Crippen LogP contribution in [0, 0.1) is 6.92 Å². The highest BCUT2D eigenvalue weighted by Crippen LogP contribution is 2.37. The molecule has 1 aromatic rings. The van der Waals surface area contributed by atoms with Gasteiger partial charge in [0.25, 0.3) is 0 Å². The Labute approximate surface area is 104 Å². The Kier molecular flexibility index (Phi) is 4.32. The smallest absolute Gasteiger partial charge is 0.405 e. The van der Waals surface area contributed by atoms with Crippen LogP contribution < -0.4 is 14.4 Å². The van der Waals surface area contributed by atoms with E-state index in [2.05, 4.69) is 0 Å². The topological polar surface area (TPSA) is 21.7 Å². The molecule has 0 bridgehead atoms. The maximum atomic E-state index is 12.4. The van der Waals surface area contributed by atoms with E-state index in [4.69, 9.17) is 9.47 Å². The summed E-state index contributed by atoms with van der Waals surface area (Å²) >= 11 is 0. The minimum Gasteiger partial charge on any atom is -0.496 e. The van der Waals surface area contributed by atoms with Crippen LogP contribution in [-0.2, 0) is 0 Å². The van der Waals surface area contributed by atoms with Crippen LogP contribution in [0.25, 0.3) is 0 Å². The lowest BCUT2D eigenvalue weighted by Crippen LogP contribution is -2.31. The molecule has 0 atom stereocenters. The number of ether oxygens (including phenoxy) is 2. The zero-order chi connectivity index (χ0) is 13.9. The third-order valence-corrected chi connectivity index (χ3v) is 2.59. The van der Waals surface area contributed by atoms with Gasteiger partial charge in [0.15, 0.2) is 0 Å². The first-order valence-corrected chi connectivity index (χ1v) is 5.29. The largest absolute Gasteiger partial charge is 0.496 e. The molecule has 0 spiro atoms. The molecule has 102 valence electrons. The first-order valence-electron chi connectivity index (χ1n) is 5.29. The Morgan fingerprint density at radius 1 is 1.17 bits per heavy atom. The van der Waals surface area contributed by atoms with Gasteiger partial charge in [-0.2, -0.15) is 13.2 Å². The Morgan fingerprint density at radius 2 is 1.78 bits per heavy atom. The maximum absolute atomic E-state index is 12.4. The van der Waals surface area contributed by atoms with E-state index in [-0.39, 0.29) is 0 Å². The van der Waals surface area contributed by atoms with E-state index in [0.717, 1.165) is 4.90 Å². The lowest BCUT2D eigenvalue weighted by molar-refractivity contribution is -0.119. The minimum atomic E-state index is -4.26. The second kappa shape index (κ2) is 5.37. The predicted molar refractivity (Wildman–Crippen MR) is 63.6 cm³/mol. The zero-order valence-electron chi connectivity index (χ0n) is 10.8. The average Bonchev–Trinajstić information content (AvgIpc) is 2.26. The number of hydrogen-bond acceptors (Lipinski definition) is 3. The first kappa shape index (κ1) is 14.5. The van der Waals surface area contributed by atoms with E-state index >= 15 is 0 Å². The quantitative estimate of drug-likeness (QED) is 0.833. The molecule has 0 aliphatic rings. The van der Waals surface area contributed by atoms with Crippen molar-refractivity contribution >= 4 is 5.69 Å². The summed E-state index contributed by atoms with van der Waals surface area (Å²) < 4.78 is 47.4. The fourth-order valence-corrected chi connectivity index (χ4v) is 1.79. The highest BCUT2D eigenvalue weighted by atomic mass is 19.4. The Morgan fingerprint density at radius 3 is 2.22 bits per heavy atom. The van der Waals surface area contributed by atoms with Crippen LogP contribution in [0.4, 0.5) is 18.9 Å². The van der Waals surface area contributed by atoms with E-state index in [9.17, 15) is 13.2 Å². The van der Waals surface area contributed by atoms with Gasteiger partial charge in [-0.1, -0.05) is 0 Å². The molecule has 0 aliphatic carbocycles. The molecule has 0 aliphatic heterocycles. The van der Waals surface area contributed by atoms with E-state index in [1.165, 1.54) is 21.3 Å². The van der Waals surface area contributed by atoms with Gasteiger partial charge in [-0.3, -0.25) is 0 Å². The molecular weight excluding hydrogens is 247 g/mol. The lowest BCUT2D eigenvalue weighted by Gasteiger charge is -2.24. The molecule has 1 aromatic carbocycles. The van der Waals surface area contributed by atoms with Gasteiger partial charge in [-0.25, -0.2) is 0 Å². The van der Waals surface area contributed by atoms with E-state index in [0.29, 0.717) is 22.7 Å². The number of rotatable bonds is 4. The van der Waals surface area contributed by atoms with Gasteiger partial charge in [-0.15, -0.1) is 0 Å². The molecule has 3 nitrogen and oxygen atoms in total. The van der Waals surface area contributed by atoms with Crippen molar-refractivity contribution in [2.45, 2.75) is 13.1 Å². The van der Waals surface area contributed by atoms with E-state index in [1.54, 1.807) is 19.1 Å². The van der Waals surface area contributed by atoms with Crippen molar-refractivity contribution in [1.29, 1.82) is 0 Å². The van der Waals surface area contributed by atoms with Crippen LogP contribution in [0.5, 0.6) is 11.5 Å². The molecule has 0 heterocycles. The summed E-state index contributed by atoms with van der Waals surface area (Å²) in [4.78, 5) is 1.10. The second-order valence-corrected chi connectivity index (χ2v) is 3.92. The van der Waals surface area contributed by atoms with Crippen molar-refractivity contribution in [2.24, 2.45) is 0 Å². The fraction of sp³-hybridized carbons (Fsp3) is 0.500. The summed E-state index contributed by atoms with van der Waals surface area (Å²) in [5.41, 5.74) is 1.06. The lowest BCUT2D eigenvalue weighted by atomic mass is 10.1. The summed E-state index contributed by atoms with van der Waals surface area (Å²) in [5.74, 6) is 0.970. The molecule has 18 heavy (non-hydrogen) atoms. The van der Waals surface area contributed by atoms with Crippen molar-refractivity contribution < 1.29 is 22.6 Å². The standard InChI is InChI=1S/C12H16F3NO2/c1-8-10(17-3)6-5-9(11(8)18-4)16(2)7-12(13,14)15/h5-6H,7H2,1-4H3. The van der Waals surface area contributed by atoms with Crippen LogP contribution in [0.3, 0.4) is 0 Å². The number of benzene rings is 1. The number of hydrogen-bond donors (Lipinski definition) is 0. The van der Waals surface area contributed by atoms with Crippen LogP contribution in [0.2, 0.25) is 0 Å². The highest BCUT2D eigenvalue weighted by molar-refractivity contribution is 5.65. The van der Waals surface area contributed by atoms with Gasteiger partial charge < -0.3 is 14.4 Å². The second-order valence-electron chi connectivity index (χ2n) is 3.92. The summed E-state index contributed by atoms with van der Waals surface area (Å²) in [6.45, 7) is 0.706. The molecular formula is C12H16F3NO2. The molecule has 0 unspecified atom stereocenters. The van der Waals surface area contributed by atoms with Crippen LogP contribution >= 0.6 is 0 Å². The molecule has 1 rings (SSSR count). The Hall–Kier alpha value is -1.59. The third-order valence-electron chi connectivity index (χ3n) is 2.59. The molecule has 0 saturated carbocycles. The van der Waals surface area contributed by atoms with Gasteiger partial charge >= 0.3 is 6.18 Å². The summed E-state index contributed by atoms with van der Waals surface area (Å²) in [7, 11) is 4.30. The number of halogens is 3. The van der Waals surface area contributed by atoms with E-state index in [1.807, 2.05) is 0 Å². The van der Waals surface area contributed by atoms with Gasteiger partial charge in [0, 0.05) is 12.6 Å². The fourth-order valence-electron chi connectivity index (χ4n) is 1.79. The maximum Gasteiger partial charge on any atom is 0.405 e. The van der Waals surface area contributed by atoms with Crippen LogP contribution in [0.15, 0.2) is 12.1 Å².